The Hall–Kier alpha value is -1.16. The Kier molecular flexibility index (Phi) is 3.72. The van der Waals surface area contributed by atoms with Gasteiger partial charge in [0.05, 0.1) is 0 Å². The van der Waals surface area contributed by atoms with E-state index < -0.39 is 0 Å². The SMILES string of the molecule is CNCC1CCN(c2ncccc2F)CC1. The molecule has 16 heavy (non-hydrogen) atoms. The molecule has 1 aliphatic heterocycles. The van der Waals surface area contributed by atoms with E-state index in [0.717, 1.165) is 32.5 Å². The van der Waals surface area contributed by atoms with Crippen LogP contribution in [0.3, 0.4) is 0 Å². The lowest BCUT2D eigenvalue weighted by molar-refractivity contribution is 0.389. The van der Waals surface area contributed by atoms with Gasteiger partial charge < -0.3 is 10.2 Å². The second kappa shape index (κ2) is 5.25. The molecule has 0 atom stereocenters. The maximum Gasteiger partial charge on any atom is 0.165 e. The van der Waals surface area contributed by atoms with Crippen LogP contribution in [0.5, 0.6) is 0 Å². The van der Waals surface area contributed by atoms with Crippen LogP contribution < -0.4 is 10.2 Å². The Morgan fingerprint density at radius 3 is 2.88 bits per heavy atom. The van der Waals surface area contributed by atoms with Crippen LogP contribution in [0.15, 0.2) is 18.3 Å². The van der Waals surface area contributed by atoms with Crippen molar-refractivity contribution in [1.29, 1.82) is 0 Å². The van der Waals surface area contributed by atoms with Crippen molar-refractivity contribution in [2.75, 3.05) is 31.6 Å². The number of aromatic nitrogens is 1. The minimum Gasteiger partial charge on any atom is -0.354 e. The molecule has 0 aromatic carbocycles. The third kappa shape index (κ3) is 2.50. The van der Waals surface area contributed by atoms with E-state index in [2.05, 4.69) is 10.3 Å². The lowest BCUT2D eigenvalue weighted by Crippen LogP contribution is -2.37. The number of hydrogen-bond acceptors (Lipinski definition) is 3. The highest BCUT2D eigenvalue weighted by Crippen LogP contribution is 2.22. The third-order valence-electron chi connectivity index (χ3n) is 3.15. The van der Waals surface area contributed by atoms with Crippen molar-refractivity contribution in [3.05, 3.63) is 24.1 Å². The predicted molar refractivity (Wildman–Crippen MR) is 63.1 cm³/mol. The normalized spacial score (nSPS) is 17.8. The summed E-state index contributed by atoms with van der Waals surface area (Å²) in [5.41, 5.74) is 0. The molecule has 3 nitrogen and oxygen atoms in total. The largest absolute Gasteiger partial charge is 0.354 e. The van der Waals surface area contributed by atoms with Crippen molar-refractivity contribution >= 4 is 5.82 Å². The molecule has 1 N–H and O–H groups in total. The minimum atomic E-state index is -0.213. The molecule has 0 saturated carbocycles. The fourth-order valence-electron chi connectivity index (χ4n) is 2.25. The van der Waals surface area contributed by atoms with Gasteiger partial charge in [-0.3, -0.25) is 0 Å². The Morgan fingerprint density at radius 1 is 1.50 bits per heavy atom. The van der Waals surface area contributed by atoms with Crippen molar-refractivity contribution in [2.24, 2.45) is 5.92 Å². The number of anilines is 1. The van der Waals surface area contributed by atoms with Gasteiger partial charge in [0.15, 0.2) is 11.6 Å². The summed E-state index contributed by atoms with van der Waals surface area (Å²) in [4.78, 5) is 6.15. The Bertz CT molecular complexity index is 335. The molecule has 2 rings (SSSR count). The fraction of sp³-hybridized carbons (Fsp3) is 0.583. The maximum atomic E-state index is 13.5. The van der Waals surface area contributed by atoms with Crippen LogP contribution in [0.2, 0.25) is 0 Å². The van der Waals surface area contributed by atoms with Crippen LogP contribution >= 0.6 is 0 Å². The summed E-state index contributed by atoms with van der Waals surface area (Å²) in [7, 11) is 1.98. The summed E-state index contributed by atoms with van der Waals surface area (Å²) in [6.45, 7) is 2.86. The van der Waals surface area contributed by atoms with Crippen LogP contribution in [0.4, 0.5) is 10.2 Å². The molecular formula is C12H18FN3. The summed E-state index contributed by atoms with van der Waals surface area (Å²) in [6, 6.07) is 3.11. The van der Waals surface area contributed by atoms with Gasteiger partial charge in [0.25, 0.3) is 0 Å². The average Bonchev–Trinajstić information content (AvgIpc) is 2.31. The van der Waals surface area contributed by atoms with Crippen LogP contribution in [0, 0.1) is 11.7 Å². The molecule has 1 aromatic rings. The maximum absolute atomic E-state index is 13.5. The molecule has 0 radical (unpaired) electrons. The summed E-state index contributed by atoms with van der Waals surface area (Å²) in [5.74, 6) is 1.01. The van der Waals surface area contributed by atoms with Gasteiger partial charge in [-0.1, -0.05) is 0 Å². The second-order valence-corrected chi connectivity index (χ2v) is 4.30. The van der Waals surface area contributed by atoms with Crippen molar-refractivity contribution in [1.82, 2.24) is 10.3 Å². The zero-order chi connectivity index (χ0) is 11.4. The number of nitrogens with zero attached hydrogens (tertiary/aromatic N) is 2. The second-order valence-electron chi connectivity index (χ2n) is 4.30. The summed E-state index contributed by atoms with van der Waals surface area (Å²) >= 11 is 0. The number of hydrogen-bond donors (Lipinski definition) is 1. The molecule has 0 spiro atoms. The third-order valence-corrected chi connectivity index (χ3v) is 3.15. The number of pyridine rings is 1. The first-order valence-corrected chi connectivity index (χ1v) is 5.81. The van der Waals surface area contributed by atoms with E-state index in [1.165, 1.54) is 6.07 Å². The van der Waals surface area contributed by atoms with Gasteiger partial charge in [-0.15, -0.1) is 0 Å². The van der Waals surface area contributed by atoms with E-state index in [9.17, 15) is 4.39 Å². The Labute approximate surface area is 95.7 Å². The highest BCUT2D eigenvalue weighted by molar-refractivity contribution is 5.39. The van der Waals surface area contributed by atoms with Crippen molar-refractivity contribution in [2.45, 2.75) is 12.8 Å². The van der Waals surface area contributed by atoms with Crippen LogP contribution in [0.25, 0.3) is 0 Å². The quantitative estimate of drug-likeness (QED) is 0.844. The number of piperidine rings is 1. The first-order chi connectivity index (χ1) is 7.81. The van der Waals surface area contributed by atoms with E-state index in [4.69, 9.17) is 0 Å². The van der Waals surface area contributed by atoms with Crippen LogP contribution in [-0.2, 0) is 0 Å². The van der Waals surface area contributed by atoms with E-state index in [1.807, 2.05) is 11.9 Å². The zero-order valence-electron chi connectivity index (χ0n) is 9.62. The molecule has 0 amide bonds. The van der Waals surface area contributed by atoms with Crippen LogP contribution in [-0.4, -0.2) is 31.7 Å². The van der Waals surface area contributed by atoms with E-state index >= 15 is 0 Å². The van der Waals surface area contributed by atoms with Crippen molar-refractivity contribution < 1.29 is 4.39 Å². The molecule has 2 heterocycles. The first-order valence-electron chi connectivity index (χ1n) is 5.81. The van der Waals surface area contributed by atoms with Gasteiger partial charge in [-0.05, 0) is 44.5 Å². The van der Waals surface area contributed by atoms with Gasteiger partial charge in [0.1, 0.15) is 0 Å². The summed E-state index contributed by atoms with van der Waals surface area (Å²) in [5, 5.41) is 3.20. The van der Waals surface area contributed by atoms with Crippen molar-refractivity contribution in [3.8, 4) is 0 Å². The highest BCUT2D eigenvalue weighted by Gasteiger charge is 2.21. The van der Waals surface area contributed by atoms with Gasteiger partial charge in [0, 0.05) is 19.3 Å². The molecule has 1 fully saturated rings. The van der Waals surface area contributed by atoms with Crippen LogP contribution in [0.1, 0.15) is 12.8 Å². The molecule has 1 aromatic heterocycles. The monoisotopic (exact) mass is 223 g/mol. The van der Waals surface area contributed by atoms with Crippen molar-refractivity contribution in [3.63, 3.8) is 0 Å². The number of halogens is 1. The van der Waals surface area contributed by atoms with E-state index in [0.29, 0.717) is 11.7 Å². The fourth-order valence-corrected chi connectivity index (χ4v) is 2.25. The topological polar surface area (TPSA) is 28.2 Å². The van der Waals surface area contributed by atoms with E-state index in [1.54, 1.807) is 12.3 Å². The molecule has 0 unspecified atom stereocenters. The van der Waals surface area contributed by atoms with Gasteiger partial charge in [0.2, 0.25) is 0 Å². The lowest BCUT2D eigenvalue weighted by Gasteiger charge is -2.32. The molecule has 1 aliphatic rings. The Balaban J connectivity index is 1.96. The van der Waals surface area contributed by atoms with Gasteiger partial charge in [-0.2, -0.15) is 0 Å². The average molecular weight is 223 g/mol. The molecular weight excluding hydrogens is 205 g/mol. The van der Waals surface area contributed by atoms with Gasteiger partial charge in [-0.25, -0.2) is 9.37 Å². The predicted octanol–water partition coefficient (Wildman–Crippen LogP) is 1.66. The van der Waals surface area contributed by atoms with E-state index in [-0.39, 0.29) is 5.82 Å². The molecule has 1 saturated heterocycles. The minimum absolute atomic E-state index is 0.213. The van der Waals surface area contributed by atoms with Gasteiger partial charge >= 0.3 is 0 Å². The molecule has 4 heteroatoms. The highest BCUT2D eigenvalue weighted by atomic mass is 19.1. The molecule has 0 aliphatic carbocycles. The molecule has 0 bridgehead atoms. The smallest absolute Gasteiger partial charge is 0.165 e. The molecule has 88 valence electrons. The standard InChI is InChI=1S/C12H18FN3/c1-14-9-10-4-7-16(8-5-10)12-11(13)3-2-6-15-12/h2-3,6,10,14H,4-5,7-9H2,1H3. The number of rotatable bonds is 3. The number of nitrogens with one attached hydrogen (secondary N) is 1. The zero-order valence-corrected chi connectivity index (χ0v) is 9.62. The first kappa shape index (κ1) is 11.3. The Morgan fingerprint density at radius 2 is 2.25 bits per heavy atom. The summed E-state index contributed by atoms with van der Waals surface area (Å²) in [6.07, 6.45) is 3.87. The summed E-state index contributed by atoms with van der Waals surface area (Å²) < 4.78 is 13.5. The lowest BCUT2D eigenvalue weighted by atomic mass is 9.97.